The standard InChI is InChI=1S/C16H13ClF3NO3S/c17-15-9-11(21-25(22,23)13-6-7-13)3-8-14(15)10-1-4-12(5-2-10)24-16(18,19)20/h1-5,8-9,13,21H,6-7H2. The smallest absolute Gasteiger partial charge is 0.406 e. The van der Waals surface area contributed by atoms with Gasteiger partial charge in [-0.05, 0) is 42.7 Å². The molecule has 0 aromatic heterocycles. The van der Waals surface area contributed by atoms with Crippen LogP contribution in [0.3, 0.4) is 0 Å². The number of anilines is 1. The maximum absolute atomic E-state index is 12.2. The zero-order valence-electron chi connectivity index (χ0n) is 12.7. The third kappa shape index (κ3) is 4.58. The number of benzene rings is 2. The number of halogens is 4. The number of hydrogen-bond donors (Lipinski definition) is 1. The van der Waals surface area contributed by atoms with Crippen LogP contribution in [-0.2, 0) is 10.0 Å². The van der Waals surface area contributed by atoms with Gasteiger partial charge in [0.1, 0.15) is 5.75 Å². The second-order valence-electron chi connectivity index (χ2n) is 5.61. The number of rotatable bonds is 5. The molecule has 2 aromatic carbocycles. The van der Waals surface area contributed by atoms with E-state index in [1.807, 2.05) is 0 Å². The number of sulfonamides is 1. The number of ether oxygens (including phenoxy) is 1. The van der Waals surface area contributed by atoms with Crippen LogP contribution in [-0.4, -0.2) is 20.0 Å². The summed E-state index contributed by atoms with van der Waals surface area (Å²) in [5, 5.41) is -0.0763. The van der Waals surface area contributed by atoms with Gasteiger partial charge >= 0.3 is 6.36 Å². The molecule has 3 rings (SSSR count). The molecule has 0 heterocycles. The van der Waals surface area contributed by atoms with Crippen molar-refractivity contribution in [3.63, 3.8) is 0 Å². The average Bonchev–Trinajstić information content (AvgIpc) is 3.31. The molecule has 25 heavy (non-hydrogen) atoms. The molecule has 0 unspecified atom stereocenters. The summed E-state index contributed by atoms with van der Waals surface area (Å²) < 4.78 is 66.6. The van der Waals surface area contributed by atoms with Crippen LogP contribution in [0.15, 0.2) is 42.5 Å². The van der Waals surface area contributed by atoms with Crippen molar-refractivity contribution in [2.75, 3.05) is 4.72 Å². The molecule has 1 aliphatic rings. The van der Waals surface area contributed by atoms with Crippen molar-refractivity contribution in [3.8, 4) is 16.9 Å². The first-order chi connectivity index (χ1) is 11.6. The van der Waals surface area contributed by atoms with Crippen LogP contribution < -0.4 is 9.46 Å². The second-order valence-corrected chi connectivity index (χ2v) is 7.98. The second kappa shape index (κ2) is 6.42. The Labute approximate surface area is 147 Å². The molecule has 2 aromatic rings. The molecule has 9 heteroatoms. The summed E-state index contributed by atoms with van der Waals surface area (Å²) in [6.07, 6.45) is -3.46. The third-order valence-corrected chi connectivity index (χ3v) is 5.77. The van der Waals surface area contributed by atoms with E-state index in [4.69, 9.17) is 11.6 Å². The largest absolute Gasteiger partial charge is 0.573 e. The Kier molecular flexibility index (Phi) is 4.59. The Hall–Kier alpha value is -1.93. The Balaban J connectivity index is 1.79. The lowest BCUT2D eigenvalue weighted by atomic mass is 10.1. The summed E-state index contributed by atoms with van der Waals surface area (Å²) in [6.45, 7) is 0. The molecule has 1 fully saturated rings. The van der Waals surface area contributed by atoms with Gasteiger partial charge in [0, 0.05) is 11.3 Å². The van der Waals surface area contributed by atoms with Gasteiger partial charge in [-0.25, -0.2) is 8.42 Å². The lowest BCUT2D eigenvalue weighted by Gasteiger charge is -2.11. The van der Waals surface area contributed by atoms with Gasteiger partial charge in [0.15, 0.2) is 0 Å². The molecule has 0 spiro atoms. The number of nitrogens with one attached hydrogen (secondary N) is 1. The average molecular weight is 392 g/mol. The van der Waals surface area contributed by atoms with Gasteiger partial charge in [-0.1, -0.05) is 29.8 Å². The highest BCUT2D eigenvalue weighted by Gasteiger charge is 2.35. The van der Waals surface area contributed by atoms with Crippen molar-refractivity contribution >= 4 is 27.3 Å². The van der Waals surface area contributed by atoms with Crippen LogP contribution in [0.2, 0.25) is 5.02 Å². The molecule has 134 valence electrons. The van der Waals surface area contributed by atoms with E-state index in [-0.39, 0.29) is 16.0 Å². The summed E-state index contributed by atoms with van der Waals surface area (Å²) in [5.41, 5.74) is 1.49. The topological polar surface area (TPSA) is 55.4 Å². The molecule has 1 saturated carbocycles. The van der Waals surface area contributed by atoms with Gasteiger partial charge in [-0.3, -0.25) is 4.72 Å². The van der Waals surface area contributed by atoms with Crippen molar-refractivity contribution < 1.29 is 26.3 Å². The van der Waals surface area contributed by atoms with Gasteiger partial charge in [-0.2, -0.15) is 0 Å². The fourth-order valence-corrected chi connectivity index (χ4v) is 3.94. The highest BCUT2D eigenvalue weighted by atomic mass is 35.5. The van der Waals surface area contributed by atoms with Crippen LogP contribution in [0, 0.1) is 0 Å². The summed E-state index contributed by atoms with van der Waals surface area (Å²) in [4.78, 5) is 0. The zero-order valence-corrected chi connectivity index (χ0v) is 14.3. The van der Waals surface area contributed by atoms with Gasteiger partial charge in [0.25, 0.3) is 0 Å². The molecule has 1 aliphatic carbocycles. The highest BCUT2D eigenvalue weighted by Crippen LogP contribution is 2.34. The molecule has 1 N–H and O–H groups in total. The van der Waals surface area contributed by atoms with E-state index in [2.05, 4.69) is 9.46 Å². The molecular formula is C16H13ClF3NO3S. The van der Waals surface area contributed by atoms with E-state index >= 15 is 0 Å². The molecule has 0 radical (unpaired) electrons. The van der Waals surface area contributed by atoms with Crippen molar-refractivity contribution in [3.05, 3.63) is 47.5 Å². The minimum absolute atomic E-state index is 0.278. The van der Waals surface area contributed by atoms with Crippen LogP contribution in [0.4, 0.5) is 18.9 Å². The van der Waals surface area contributed by atoms with E-state index in [0.29, 0.717) is 29.7 Å². The fraction of sp³-hybridized carbons (Fsp3) is 0.250. The summed E-state index contributed by atoms with van der Waals surface area (Å²) in [6, 6.07) is 9.88. The summed E-state index contributed by atoms with van der Waals surface area (Å²) in [7, 11) is -3.39. The van der Waals surface area contributed by atoms with Crippen molar-refractivity contribution in [1.82, 2.24) is 0 Å². The van der Waals surface area contributed by atoms with E-state index in [9.17, 15) is 21.6 Å². The highest BCUT2D eigenvalue weighted by molar-refractivity contribution is 7.93. The van der Waals surface area contributed by atoms with E-state index < -0.39 is 16.4 Å². The number of alkyl halides is 3. The molecule has 0 atom stereocenters. The lowest BCUT2D eigenvalue weighted by molar-refractivity contribution is -0.274. The predicted octanol–water partition coefficient (Wildman–Crippen LogP) is 4.81. The third-order valence-electron chi connectivity index (χ3n) is 3.59. The van der Waals surface area contributed by atoms with Crippen LogP contribution in [0.5, 0.6) is 5.75 Å². The molecular weight excluding hydrogens is 379 g/mol. The fourth-order valence-electron chi connectivity index (χ4n) is 2.27. The van der Waals surface area contributed by atoms with Crippen LogP contribution in [0.1, 0.15) is 12.8 Å². The van der Waals surface area contributed by atoms with Gasteiger partial charge in [0.05, 0.1) is 10.3 Å². The molecule has 0 bridgehead atoms. The summed E-state index contributed by atoms with van der Waals surface area (Å²) in [5.74, 6) is -0.332. The maximum atomic E-state index is 12.2. The van der Waals surface area contributed by atoms with Crippen LogP contribution in [0.25, 0.3) is 11.1 Å². The predicted molar refractivity (Wildman–Crippen MR) is 89.1 cm³/mol. The quantitative estimate of drug-likeness (QED) is 0.795. The minimum Gasteiger partial charge on any atom is -0.406 e. The van der Waals surface area contributed by atoms with E-state index in [1.54, 1.807) is 12.1 Å². The molecule has 4 nitrogen and oxygen atoms in total. The molecule has 0 amide bonds. The van der Waals surface area contributed by atoms with Gasteiger partial charge in [-0.15, -0.1) is 13.2 Å². The van der Waals surface area contributed by atoms with Crippen LogP contribution >= 0.6 is 11.6 Å². The van der Waals surface area contributed by atoms with Crippen molar-refractivity contribution in [2.45, 2.75) is 24.5 Å². The zero-order chi connectivity index (χ0) is 18.2. The first-order valence-electron chi connectivity index (χ1n) is 7.31. The lowest BCUT2D eigenvalue weighted by Crippen LogP contribution is -2.17. The van der Waals surface area contributed by atoms with Gasteiger partial charge < -0.3 is 4.74 Å². The number of hydrogen-bond acceptors (Lipinski definition) is 3. The SMILES string of the molecule is O=S(=O)(Nc1ccc(-c2ccc(OC(F)(F)F)cc2)c(Cl)c1)C1CC1. The molecule has 0 saturated heterocycles. The first kappa shape index (κ1) is 17.9. The maximum Gasteiger partial charge on any atom is 0.573 e. The Morgan fingerprint density at radius 3 is 2.24 bits per heavy atom. The normalized spacial score (nSPS) is 15.0. The van der Waals surface area contributed by atoms with Gasteiger partial charge in [0.2, 0.25) is 10.0 Å². The van der Waals surface area contributed by atoms with Crippen molar-refractivity contribution in [1.29, 1.82) is 0 Å². The Morgan fingerprint density at radius 1 is 1.08 bits per heavy atom. The first-order valence-corrected chi connectivity index (χ1v) is 9.24. The molecule has 0 aliphatic heterocycles. The summed E-state index contributed by atoms with van der Waals surface area (Å²) >= 11 is 6.19. The Morgan fingerprint density at radius 2 is 1.72 bits per heavy atom. The van der Waals surface area contributed by atoms with Crippen molar-refractivity contribution in [2.24, 2.45) is 0 Å². The minimum atomic E-state index is -4.75. The van der Waals surface area contributed by atoms with E-state index in [0.717, 1.165) is 0 Å². The monoisotopic (exact) mass is 391 g/mol. The van der Waals surface area contributed by atoms with E-state index in [1.165, 1.54) is 30.3 Å². The Bertz CT molecular complexity index is 878.